The summed E-state index contributed by atoms with van der Waals surface area (Å²) in [6.45, 7) is 1.26. The first-order valence-electron chi connectivity index (χ1n) is 4.12. The first-order valence-corrected chi connectivity index (χ1v) is 5.51. The Kier molecular flexibility index (Phi) is 5.35. The van der Waals surface area contributed by atoms with Gasteiger partial charge in [-0.3, -0.25) is 9.59 Å². The molecule has 0 aliphatic carbocycles. The minimum Gasteiger partial charge on any atom is -0.481 e. The van der Waals surface area contributed by atoms with Gasteiger partial charge in [-0.1, -0.05) is 6.92 Å². The zero-order valence-electron chi connectivity index (χ0n) is 8.03. The van der Waals surface area contributed by atoms with Crippen molar-refractivity contribution < 1.29 is 29.3 Å². The van der Waals surface area contributed by atoms with E-state index < -0.39 is 44.0 Å². The topological polar surface area (TPSA) is 138 Å². The van der Waals surface area contributed by atoms with E-state index in [4.69, 9.17) is 20.8 Å². The van der Waals surface area contributed by atoms with Crippen LogP contribution in [0.5, 0.6) is 0 Å². The molecular formula is C7H13NO6P+. The van der Waals surface area contributed by atoms with E-state index in [2.05, 4.69) is 0 Å². The van der Waals surface area contributed by atoms with Gasteiger partial charge in [0, 0.05) is 5.92 Å². The second kappa shape index (κ2) is 5.75. The van der Waals surface area contributed by atoms with Crippen molar-refractivity contribution in [2.24, 2.45) is 17.6 Å². The summed E-state index contributed by atoms with van der Waals surface area (Å²) < 4.78 is 10.6. The minimum absolute atomic E-state index is 0.434. The van der Waals surface area contributed by atoms with Gasteiger partial charge in [-0.15, -0.1) is 0 Å². The first-order chi connectivity index (χ1) is 6.77. The number of hydrogen-bond donors (Lipinski definition) is 4. The van der Waals surface area contributed by atoms with Crippen LogP contribution < -0.4 is 5.73 Å². The lowest BCUT2D eigenvalue weighted by atomic mass is 9.89. The Bertz CT molecular complexity index is 261. The summed E-state index contributed by atoms with van der Waals surface area (Å²) >= 11 is 0. The van der Waals surface area contributed by atoms with E-state index in [1.54, 1.807) is 0 Å². The monoisotopic (exact) mass is 238 g/mol. The standard InChI is InChI=1S/C7H12NO6P/c1-3(6(9)10)4(2-15(13)14)5(8)7(11)12/h3-5H,2,8H2,1H3,(H2-,9,10,11,12,13,14)/p+1. The van der Waals surface area contributed by atoms with Gasteiger partial charge in [0.05, 0.1) is 5.92 Å². The predicted octanol–water partition coefficient (Wildman–Crippen LogP) is -0.530. The van der Waals surface area contributed by atoms with E-state index in [9.17, 15) is 14.2 Å². The molecule has 7 nitrogen and oxygen atoms in total. The quantitative estimate of drug-likeness (QED) is 0.456. The van der Waals surface area contributed by atoms with E-state index >= 15 is 0 Å². The lowest BCUT2D eigenvalue weighted by molar-refractivity contribution is -0.145. The zero-order valence-corrected chi connectivity index (χ0v) is 8.92. The molecule has 0 bridgehead atoms. The van der Waals surface area contributed by atoms with Gasteiger partial charge in [-0.2, -0.15) is 4.89 Å². The summed E-state index contributed by atoms with van der Waals surface area (Å²) in [7, 11) is -2.61. The molecular weight excluding hydrogens is 225 g/mol. The van der Waals surface area contributed by atoms with Crippen molar-refractivity contribution in [3.8, 4) is 0 Å². The molecule has 0 heterocycles. The fraction of sp³-hybridized carbons (Fsp3) is 0.714. The number of carboxylic acid groups (broad SMARTS) is 2. The Labute approximate surface area is 86.8 Å². The smallest absolute Gasteiger partial charge is 0.481 e. The van der Waals surface area contributed by atoms with Crippen molar-refractivity contribution in [2.75, 3.05) is 6.16 Å². The summed E-state index contributed by atoms with van der Waals surface area (Å²) in [5.74, 6) is -4.77. The van der Waals surface area contributed by atoms with Crippen molar-refractivity contribution in [1.29, 1.82) is 0 Å². The molecule has 0 aromatic heterocycles. The van der Waals surface area contributed by atoms with Crippen molar-refractivity contribution in [3.63, 3.8) is 0 Å². The van der Waals surface area contributed by atoms with Crippen molar-refractivity contribution >= 4 is 20.0 Å². The molecule has 0 aromatic carbocycles. The molecule has 0 rings (SSSR count). The summed E-state index contributed by atoms with van der Waals surface area (Å²) in [5.41, 5.74) is 5.25. The highest BCUT2D eigenvalue weighted by molar-refractivity contribution is 7.38. The maximum atomic E-state index is 10.6. The molecule has 5 N–H and O–H groups in total. The van der Waals surface area contributed by atoms with Gasteiger partial charge >= 0.3 is 20.0 Å². The van der Waals surface area contributed by atoms with Crippen LogP contribution in [-0.2, 0) is 14.2 Å². The van der Waals surface area contributed by atoms with Gasteiger partial charge in [0.1, 0.15) is 6.04 Å². The summed E-state index contributed by atoms with van der Waals surface area (Å²) in [4.78, 5) is 29.8. The highest BCUT2D eigenvalue weighted by atomic mass is 31.1. The number of aliphatic carboxylic acids is 2. The largest absolute Gasteiger partial charge is 0.505 e. The summed E-state index contributed by atoms with van der Waals surface area (Å²) in [6, 6.07) is -1.46. The molecule has 0 aliphatic rings. The van der Waals surface area contributed by atoms with Gasteiger partial charge in [0.25, 0.3) is 0 Å². The van der Waals surface area contributed by atoms with Crippen LogP contribution in [-0.4, -0.2) is 39.2 Å². The van der Waals surface area contributed by atoms with Crippen molar-refractivity contribution in [3.05, 3.63) is 0 Å². The number of carbonyl (C=O) groups is 2. The highest BCUT2D eigenvalue weighted by Gasteiger charge is 2.38. The van der Waals surface area contributed by atoms with Crippen LogP contribution in [0.4, 0.5) is 0 Å². The van der Waals surface area contributed by atoms with Gasteiger partial charge < -0.3 is 15.9 Å². The first kappa shape index (κ1) is 14.0. The Morgan fingerprint density at radius 2 is 1.80 bits per heavy atom. The molecule has 15 heavy (non-hydrogen) atoms. The molecule has 0 aromatic rings. The molecule has 86 valence electrons. The van der Waals surface area contributed by atoms with Gasteiger partial charge in [-0.05, 0) is 4.57 Å². The third-order valence-corrected chi connectivity index (χ3v) is 2.88. The average Bonchev–Trinajstić information content (AvgIpc) is 2.11. The zero-order chi connectivity index (χ0) is 12.2. The lowest BCUT2D eigenvalue weighted by Gasteiger charge is -2.19. The van der Waals surface area contributed by atoms with E-state index in [-0.39, 0.29) is 0 Å². The summed E-state index contributed by atoms with van der Waals surface area (Å²) in [5, 5.41) is 17.3. The third-order valence-electron chi connectivity index (χ3n) is 2.15. The van der Waals surface area contributed by atoms with Crippen LogP contribution in [0.15, 0.2) is 0 Å². The normalized spacial score (nSPS) is 17.7. The van der Waals surface area contributed by atoms with Gasteiger partial charge in [0.15, 0.2) is 6.16 Å². The average molecular weight is 238 g/mol. The second-order valence-corrected chi connectivity index (χ2v) is 4.26. The predicted molar refractivity (Wildman–Crippen MR) is 50.6 cm³/mol. The van der Waals surface area contributed by atoms with Crippen LogP contribution in [0.3, 0.4) is 0 Å². The number of carboxylic acids is 2. The maximum Gasteiger partial charge on any atom is 0.505 e. The number of rotatable bonds is 6. The Morgan fingerprint density at radius 3 is 2.07 bits per heavy atom. The van der Waals surface area contributed by atoms with E-state index in [1.165, 1.54) is 6.92 Å². The highest BCUT2D eigenvalue weighted by Crippen LogP contribution is 2.26. The molecule has 0 saturated carbocycles. The van der Waals surface area contributed by atoms with Crippen LogP contribution in [0.25, 0.3) is 0 Å². The fourth-order valence-electron chi connectivity index (χ4n) is 1.13. The fourth-order valence-corrected chi connectivity index (χ4v) is 2.03. The molecule has 8 heteroatoms. The van der Waals surface area contributed by atoms with E-state index in [1.807, 2.05) is 0 Å². The van der Waals surface area contributed by atoms with Gasteiger partial charge in [0.2, 0.25) is 0 Å². The van der Waals surface area contributed by atoms with Crippen molar-refractivity contribution in [2.45, 2.75) is 13.0 Å². The van der Waals surface area contributed by atoms with Crippen LogP contribution in [0.2, 0.25) is 0 Å². The lowest BCUT2D eigenvalue weighted by Crippen LogP contribution is -2.44. The Hall–Kier alpha value is -1.04. The SMILES string of the molecule is CC(C(=O)O)C(C[P+](=O)O)C(N)C(=O)O. The second-order valence-electron chi connectivity index (χ2n) is 3.19. The van der Waals surface area contributed by atoms with Crippen LogP contribution >= 0.6 is 8.03 Å². The molecule has 0 fully saturated rings. The number of nitrogens with two attached hydrogens (primary N) is 1. The molecule has 0 spiro atoms. The molecule has 4 atom stereocenters. The Balaban J connectivity index is 4.79. The van der Waals surface area contributed by atoms with Gasteiger partial charge in [-0.25, -0.2) is 0 Å². The van der Waals surface area contributed by atoms with Crippen molar-refractivity contribution in [1.82, 2.24) is 0 Å². The summed E-state index contributed by atoms with van der Waals surface area (Å²) in [6.07, 6.45) is -0.434. The molecule has 0 radical (unpaired) electrons. The molecule has 4 unspecified atom stereocenters. The number of hydrogen-bond acceptors (Lipinski definition) is 4. The van der Waals surface area contributed by atoms with Crippen LogP contribution in [0.1, 0.15) is 6.92 Å². The molecule has 0 aliphatic heterocycles. The van der Waals surface area contributed by atoms with E-state index in [0.29, 0.717) is 0 Å². The minimum atomic E-state index is -2.61. The maximum absolute atomic E-state index is 10.6. The third kappa shape index (κ3) is 4.33. The van der Waals surface area contributed by atoms with Crippen LogP contribution in [0, 0.1) is 11.8 Å². The Morgan fingerprint density at radius 1 is 1.33 bits per heavy atom. The van der Waals surface area contributed by atoms with E-state index in [0.717, 1.165) is 0 Å². The molecule has 0 amide bonds. The molecule has 0 saturated heterocycles.